The zero-order valence-electron chi connectivity index (χ0n) is 17.9. The lowest BCUT2D eigenvalue weighted by Gasteiger charge is -2.22. The maximum Gasteiger partial charge on any atom is 0.255 e. The first-order valence-corrected chi connectivity index (χ1v) is 11.1. The van der Waals surface area contributed by atoms with E-state index < -0.39 is 6.04 Å². The molecule has 0 bridgehead atoms. The van der Waals surface area contributed by atoms with Crippen molar-refractivity contribution in [2.24, 2.45) is 5.92 Å². The number of allylic oxidation sites excluding steroid dienone is 1. The van der Waals surface area contributed by atoms with E-state index in [1.54, 1.807) is 11.0 Å². The molecule has 0 saturated carbocycles. The number of ether oxygens (including phenoxy) is 1. The first-order valence-electron chi connectivity index (χ1n) is 11.1. The van der Waals surface area contributed by atoms with Crippen LogP contribution in [-0.2, 0) is 35.5 Å². The number of aromatic nitrogens is 3. The lowest BCUT2D eigenvalue weighted by molar-refractivity contribution is -0.112. The Bertz CT molecular complexity index is 933. The van der Waals surface area contributed by atoms with E-state index in [4.69, 9.17) is 4.74 Å². The van der Waals surface area contributed by atoms with Crippen molar-refractivity contribution in [1.82, 2.24) is 19.9 Å². The average molecular weight is 423 g/mol. The summed E-state index contributed by atoms with van der Waals surface area (Å²) in [5, 5.41) is 8.64. The Morgan fingerprint density at radius 2 is 2.10 bits per heavy atom. The van der Waals surface area contributed by atoms with E-state index in [1.807, 2.05) is 23.0 Å². The Labute approximate surface area is 183 Å². The Balaban J connectivity index is 1.40. The highest BCUT2D eigenvalue weighted by molar-refractivity contribution is 6.00. The fourth-order valence-corrected chi connectivity index (χ4v) is 4.51. The van der Waals surface area contributed by atoms with Gasteiger partial charge in [0.25, 0.3) is 5.91 Å². The number of aldehydes is 1. The molecule has 0 radical (unpaired) electrons. The number of nitrogens with zero attached hydrogens (tertiary/aromatic N) is 4. The fourth-order valence-electron chi connectivity index (χ4n) is 4.51. The number of benzene rings is 1. The number of carbonyl (C=O) groups excluding carboxylic acids is 2. The molecule has 1 atom stereocenters. The summed E-state index contributed by atoms with van der Waals surface area (Å²) >= 11 is 0. The molecule has 0 spiro atoms. The summed E-state index contributed by atoms with van der Waals surface area (Å²) in [6.07, 6.45) is 9.72. The van der Waals surface area contributed by atoms with Crippen molar-refractivity contribution in [3.63, 3.8) is 0 Å². The monoisotopic (exact) mass is 422 g/mol. The van der Waals surface area contributed by atoms with E-state index in [1.165, 1.54) is 0 Å². The van der Waals surface area contributed by atoms with Crippen LogP contribution in [0.2, 0.25) is 0 Å². The van der Waals surface area contributed by atoms with Crippen molar-refractivity contribution in [2.45, 2.75) is 57.7 Å². The van der Waals surface area contributed by atoms with Crippen LogP contribution in [0.4, 0.5) is 0 Å². The van der Waals surface area contributed by atoms with Gasteiger partial charge < -0.3 is 14.4 Å². The van der Waals surface area contributed by atoms with Gasteiger partial charge in [0.1, 0.15) is 6.29 Å². The van der Waals surface area contributed by atoms with Crippen molar-refractivity contribution in [1.29, 1.82) is 0 Å². The third-order valence-electron chi connectivity index (χ3n) is 6.34. The van der Waals surface area contributed by atoms with Crippen LogP contribution in [0, 0.1) is 5.92 Å². The van der Waals surface area contributed by atoms with Crippen molar-refractivity contribution in [2.75, 3.05) is 13.2 Å². The predicted octanol–water partition coefficient (Wildman–Crippen LogP) is 2.98. The number of carbonyl (C=O) groups is 2. The number of aryl methyl sites for hydroxylation is 2. The molecular formula is C24H30N4O3. The minimum atomic E-state index is -0.407. The van der Waals surface area contributed by atoms with E-state index in [9.17, 15) is 9.59 Å². The normalized spacial score (nSPS) is 17.5. The van der Waals surface area contributed by atoms with Crippen LogP contribution in [0.15, 0.2) is 37.1 Å². The second kappa shape index (κ2) is 10.0. The van der Waals surface area contributed by atoms with Crippen molar-refractivity contribution >= 4 is 12.2 Å². The summed E-state index contributed by atoms with van der Waals surface area (Å²) in [5.74, 6) is 0.546. The fraction of sp³-hybridized carbons (Fsp3) is 0.500. The van der Waals surface area contributed by atoms with Crippen LogP contribution in [0.1, 0.15) is 52.9 Å². The molecule has 1 fully saturated rings. The minimum Gasteiger partial charge on any atom is -0.381 e. The second-order valence-corrected chi connectivity index (χ2v) is 8.43. The number of hydrogen-bond donors (Lipinski definition) is 0. The highest BCUT2D eigenvalue weighted by Gasteiger charge is 2.33. The maximum atomic E-state index is 12.9. The van der Waals surface area contributed by atoms with Gasteiger partial charge >= 0.3 is 0 Å². The molecule has 1 aromatic carbocycles. The van der Waals surface area contributed by atoms with E-state index in [-0.39, 0.29) is 5.91 Å². The summed E-state index contributed by atoms with van der Waals surface area (Å²) in [6.45, 7) is 6.76. The van der Waals surface area contributed by atoms with Gasteiger partial charge in [-0.2, -0.15) is 0 Å². The Hall–Kier alpha value is -2.80. The topological polar surface area (TPSA) is 77.3 Å². The average Bonchev–Trinajstić information content (AvgIpc) is 3.38. The van der Waals surface area contributed by atoms with Crippen LogP contribution in [0.3, 0.4) is 0 Å². The highest BCUT2D eigenvalue weighted by Crippen LogP contribution is 2.29. The van der Waals surface area contributed by atoms with Crippen LogP contribution in [-0.4, -0.2) is 51.3 Å². The van der Waals surface area contributed by atoms with Crippen molar-refractivity contribution in [3.05, 3.63) is 59.4 Å². The Kier molecular flexibility index (Phi) is 6.92. The van der Waals surface area contributed by atoms with Gasteiger partial charge in [0.15, 0.2) is 0 Å². The van der Waals surface area contributed by atoms with E-state index >= 15 is 0 Å². The minimum absolute atomic E-state index is 0.0552. The first kappa shape index (κ1) is 21.4. The molecule has 0 aliphatic carbocycles. The first-order chi connectivity index (χ1) is 15.2. The standard InChI is InChI=1S/C24H30N4O3/c1-2-3-6-21(17-29)28-16-23-19(5-4-7-22(23)24(28)30)8-9-20-15-27(26-25-20)14-18-10-12-31-13-11-18/h2,4-5,7,15,17-18,21H,1,3,6,8-14,16H2. The summed E-state index contributed by atoms with van der Waals surface area (Å²) in [7, 11) is 0. The SMILES string of the molecule is C=CCCC(C=O)N1Cc2c(CCc3cn(CC4CCOCC4)nn3)cccc2C1=O. The van der Waals surface area contributed by atoms with Crippen LogP contribution < -0.4 is 0 Å². The van der Waals surface area contributed by atoms with Crippen LogP contribution in [0.25, 0.3) is 0 Å². The molecule has 1 aromatic heterocycles. The molecule has 3 heterocycles. The zero-order valence-corrected chi connectivity index (χ0v) is 17.9. The van der Waals surface area contributed by atoms with Crippen LogP contribution in [0.5, 0.6) is 0 Å². The van der Waals surface area contributed by atoms with Gasteiger partial charge in [0, 0.05) is 38.1 Å². The van der Waals surface area contributed by atoms with Crippen LogP contribution >= 0.6 is 0 Å². The van der Waals surface area contributed by atoms with E-state index in [0.29, 0.717) is 30.9 Å². The van der Waals surface area contributed by atoms with Gasteiger partial charge in [0.2, 0.25) is 0 Å². The molecule has 4 rings (SSSR count). The van der Waals surface area contributed by atoms with Crippen molar-refractivity contribution in [3.8, 4) is 0 Å². The molecule has 1 unspecified atom stereocenters. The molecule has 1 saturated heterocycles. The lowest BCUT2D eigenvalue weighted by Crippen LogP contribution is -2.36. The molecule has 31 heavy (non-hydrogen) atoms. The Morgan fingerprint density at radius 1 is 1.26 bits per heavy atom. The summed E-state index contributed by atoms with van der Waals surface area (Å²) in [4.78, 5) is 26.2. The summed E-state index contributed by atoms with van der Waals surface area (Å²) < 4.78 is 7.37. The lowest BCUT2D eigenvalue weighted by atomic mass is 9.99. The molecule has 2 aliphatic rings. The summed E-state index contributed by atoms with van der Waals surface area (Å²) in [6, 6.07) is 5.45. The van der Waals surface area contributed by atoms with Crippen molar-refractivity contribution < 1.29 is 14.3 Å². The molecule has 0 N–H and O–H groups in total. The van der Waals surface area contributed by atoms with E-state index in [0.717, 1.165) is 68.5 Å². The molecule has 1 amide bonds. The summed E-state index contributed by atoms with van der Waals surface area (Å²) in [5.41, 5.74) is 3.85. The second-order valence-electron chi connectivity index (χ2n) is 8.43. The third kappa shape index (κ3) is 4.93. The Morgan fingerprint density at radius 3 is 2.87 bits per heavy atom. The molecule has 2 aliphatic heterocycles. The highest BCUT2D eigenvalue weighted by atomic mass is 16.5. The number of hydrogen-bond acceptors (Lipinski definition) is 5. The smallest absolute Gasteiger partial charge is 0.255 e. The molecule has 7 heteroatoms. The molecule has 7 nitrogen and oxygen atoms in total. The zero-order chi connectivity index (χ0) is 21.6. The van der Waals surface area contributed by atoms with Gasteiger partial charge in [-0.1, -0.05) is 23.4 Å². The predicted molar refractivity (Wildman–Crippen MR) is 117 cm³/mol. The van der Waals surface area contributed by atoms with Gasteiger partial charge in [-0.3, -0.25) is 9.48 Å². The number of rotatable bonds is 10. The van der Waals surface area contributed by atoms with Gasteiger partial charge in [-0.05, 0) is 61.6 Å². The third-order valence-corrected chi connectivity index (χ3v) is 6.34. The molecule has 164 valence electrons. The van der Waals surface area contributed by atoms with Gasteiger partial charge in [-0.25, -0.2) is 0 Å². The molecular weight excluding hydrogens is 392 g/mol. The van der Waals surface area contributed by atoms with E-state index in [2.05, 4.69) is 23.0 Å². The quantitative estimate of drug-likeness (QED) is 0.435. The van der Waals surface area contributed by atoms with Gasteiger partial charge in [0.05, 0.1) is 11.7 Å². The van der Waals surface area contributed by atoms with Gasteiger partial charge in [-0.15, -0.1) is 11.7 Å². The molecule has 2 aromatic rings. The largest absolute Gasteiger partial charge is 0.381 e. The number of fused-ring (bicyclic) bond motifs is 1. The number of amides is 1. The maximum absolute atomic E-state index is 12.9.